The van der Waals surface area contributed by atoms with Crippen LogP contribution in [-0.4, -0.2) is 71.1 Å². The third kappa shape index (κ3) is 6.65. The van der Waals surface area contributed by atoms with Gasteiger partial charge in [0.2, 0.25) is 11.8 Å². The van der Waals surface area contributed by atoms with Crippen molar-refractivity contribution in [2.24, 2.45) is 0 Å². The fraction of sp³-hybridized carbons (Fsp3) is 0.357. The highest BCUT2D eigenvalue weighted by Gasteiger charge is 2.24. The summed E-state index contributed by atoms with van der Waals surface area (Å²) in [7, 11) is 0. The van der Waals surface area contributed by atoms with Crippen LogP contribution in [0.5, 0.6) is 0 Å². The summed E-state index contributed by atoms with van der Waals surface area (Å²) in [5.41, 5.74) is 2.44. The van der Waals surface area contributed by atoms with Crippen LogP contribution in [0, 0.1) is 5.82 Å². The van der Waals surface area contributed by atoms with Crippen molar-refractivity contribution < 1.29 is 14.0 Å². The summed E-state index contributed by atoms with van der Waals surface area (Å²) in [5, 5.41) is 8.69. The monoisotopic (exact) mass is 489 g/mol. The van der Waals surface area contributed by atoms with E-state index in [0.717, 1.165) is 36.3 Å². The zero-order chi connectivity index (χ0) is 25.3. The van der Waals surface area contributed by atoms with Crippen LogP contribution in [0.4, 0.5) is 10.2 Å². The largest absolute Gasteiger partial charge is 0.353 e. The van der Waals surface area contributed by atoms with Crippen LogP contribution >= 0.6 is 0 Å². The van der Waals surface area contributed by atoms with Gasteiger partial charge in [0.1, 0.15) is 5.82 Å². The van der Waals surface area contributed by atoms with E-state index in [-0.39, 0.29) is 24.2 Å². The fourth-order valence-electron chi connectivity index (χ4n) is 4.37. The summed E-state index contributed by atoms with van der Waals surface area (Å²) >= 11 is 0. The Hall–Kier alpha value is -3.81. The highest BCUT2D eigenvalue weighted by Crippen LogP contribution is 2.20. The van der Waals surface area contributed by atoms with Gasteiger partial charge in [0.15, 0.2) is 5.82 Å². The van der Waals surface area contributed by atoms with Crippen molar-refractivity contribution in [2.45, 2.75) is 26.2 Å². The molecular weight excluding hydrogens is 457 g/mol. The Balaban J connectivity index is 1.33. The van der Waals surface area contributed by atoms with Gasteiger partial charge < -0.3 is 14.7 Å². The van der Waals surface area contributed by atoms with Gasteiger partial charge >= 0.3 is 0 Å². The quantitative estimate of drug-likeness (QED) is 0.481. The molecule has 1 saturated heterocycles. The lowest BCUT2D eigenvalue weighted by atomic mass is 10.1. The first-order valence-electron chi connectivity index (χ1n) is 12.5. The predicted octanol–water partition coefficient (Wildman–Crippen LogP) is 3.80. The molecule has 8 heteroatoms. The van der Waals surface area contributed by atoms with Crippen molar-refractivity contribution >= 4 is 17.6 Å². The van der Waals surface area contributed by atoms with E-state index in [2.05, 4.69) is 15.1 Å². The number of hydrogen-bond donors (Lipinski definition) is 0. The second-order valence-electron chi connectivity index (χ2n) is 8.98. The Labute approximate surface area is 211 Å². The van der Waals surface area contributed by atoms with E-state index in [9.17, 15) is 14.0 Å². The van der Waals surface area contributed by atoms with Crippen LogP contribution in [0.25, 0.3) is 11.3 Å². The highest BCUT2D eigenvalue weighted by atomic mass is 19.1. The Morgan fingerprint density at radius 3 is 2.39 bits per heavy atom. The summed E-state index contributed by atoms with van der Waals surface area (Å²) in [4.78, 5) is 31.7. The minimum Gasteiger partial charge on any atom is -0.353 e. The summed E-state index contributed by atoms with van der Waals surface area (Å²) in [6, 6.07) is 19.6. The van der Waals surface area contributed by atoms with Gasteiger partial charge in [-0.25, -0.2) is 4.39 Å². The van der Waals surface area contributed by atoms with E-state index in [4.69, 9.17) is 0 Å². The molecule has 0 aliphatic carbocycles. The third-order valence-corrected chi connectivity index (χ3v) is 6.33. The van der Waals surface area contributed by atoms with Crippen molar-refractivity contribution in [3.05, 3.63) is 78.1 Å². The van der Waals surface area contributed by atoms with Crippen LogP contribution in [0.1, 0.15) is 25.3 Å². The molecule has 0 bridgehead atoms. The van der Waals surface area contributed by atoms with Gasteiger partial charge in [-0.1, -0.05) is 37.3 Å². The summed E-state index contributed by atoms with van der Waals surface area (Å²) in [5.74, 6) is 0.417. The lowest BCUT2D eigenvalue weighted by molar-refractivity contribution is -0.140. The molecule has 2 aromatic carbocycles. The van der Waals surface area contributed by atoms with Gasteiger partial charge in [0.05, 0.1) is 18.7 Å². The number of rotatable bonds is 8. The molecule has 0 saturated carbocycles. The van der Waals surface area contributed by atoms with Crippen molar-refractivity contribution in [1.82, 2.24) is 20.0 Å². The molecule has 1 fully saturated rings. The average molecular weight is 490 g/mol. The molecule has 188 valence electrons. The maximum absolute atomic E-state index is 13.2. The van der Waals surface area contributed by atoms with Crippen molar-refractivity contribution in [2.75, 3.05) is 44.2 Å². The van der Waals surface area contributed by atoms with Crippen LogP contribution in [0.15, 0.2) is 66.7 Å². The Morgan fingerprint density at radius 2 is 1.69 bits per heavy atom. The third-order valence-electron chi connectivity index (χ3n) is 6.33. The molecule has 0 atom stereocenters. The highest BCUT2D eigenvalue weighted by molar-refractivity contribution is 5.86. The van der Waals surface area contributed by atoms with Gasteiger partial charge in [0.25, 0.3) is 0 Å². The first-order chi connectivity index (χ1) is 17.5. The Kier molecular flexibility index (Phi) is 8.60. The van der Waals surface area contributed by atoms with Gasteiger partial charge in [-0.05, 0) is 54.8 Å². The molecule has 0 radical (unpaired) electrons. The predicted molar refractivity (Wildman–Crippen MR) is 138 cm³/mol. The molecular formula is C28H32FN5O2. The van der Waals surface area contributed by atoms with Crippen LogP contribution < -0.4 is 4.90 Å². The number of halogens is 1. The maximum atomic E-state index is 13.2. The lowest BCUT2D eigenvalue weighted by Gasteiger charge is -2.27. The number of carbonyl (C=O) groups excluding carboxylic acids is 2. The van der Waals surface area contributed by atoms with E-state index in [1.165, 1.54) is 12.1 Å². The lowest BCUT2D eigenvalue weighted by Crippen LogP contribution is -2.45. The van der Waals surface area contributed by atoms with Crippen molar-refractivity contribution in [3.63, 3.8) is 0 Å². The Bertz CT molecular complexity index is 1140. The van der Waals surface area contributed by atoms with E-state index < -0.39 is 0 Å². The number of nitrogens with zero attached hydrogens (tertiary/aromatic N) is 5. The van der Waals surface area contributed by atoms with E-state index in [0.29, 0.717) is 38.3 Å². The van der Waals surface area contributed by atoms with E-state index in [1.807, 2.05) is 54.3 Å². The molecule has 3 aromatic rings. The summed E-state index contributed by atoms with van der Waals surface area (Å²) in [6.07, 6.45) is 1.90. The molecule has 2 heterocycles. The first kappa shape index (κ1) is 25.3. The van der Waals surface area contributed by atoms with Gasteiger partial charge in [-0.3, -0.25) is 9.59 Å². The van der Waals surface area contributed by atoms with Gasteiger partial charge in [-0.2, -0.15) is 0 Å². The Morgan fingerprint density at radius 1 is 0.917 bits per heavy atom. The molecule has 0 unspecified atom stereocenters. The van der Waals surface area contributed by atoms with Crippen LogP contribution in [0.3, 0.4) is 0 Å². The molecule has 36 heavy (non-hydrogen) atoms. The van der Waals surface area contributed by atoms with E-state index >= 15 is 0 Å². The SMILES string of the molecule is CCCN(CC(=O)N1CCCN(c2ccc(-c3ccc(F)cc3)nn2)CC1)C(=O)Cc1ccccc1. The molecule has 1 aliphatic heterocycles. The average Bonchev–Trinajstić information content (AvgIpc) is 3.16. The number of benzene rings is 2. The standard InChI is InChI=1S/C28H32FN5O2/c1-2-15-34(27(35)20-22-7-4-3-5-8-22)21-28(36)33-17-6-16-32(18-19-33)26-14-13-25(30-31-26)23-9-11-24(29)12-10-23/h3-5,7-14H,2,6,15-21H2,1H3. The minimum absolute atomic E-state index is 0.0237. The second-order valence-corrected chi connectivity index (χ2v) is 8.98. The van der Waals surface area contributed by atoms with Crippen LogP contribution in [0.2, 0.25) is 0 Å². The van der Waals surface area contributed by atoms with Crippen molar-refractivity contribution in [3.8, 4) is 11.3 Å². The molecule has 1 aliphatic rings. The number of hydrogen-bond acceptors (Lipinski definition) is 5. The second kappa shape index (κ2) is 12.2. The van der Waals surface area contributed by atoms with E-state index in [1.54, 1.807) is 17.0 Å². The smallest absolute Gasteiger partial charge is 0.242 e. The summed E-state index contributed by atoms with van der Waals surface area (Å²) < 4.78 is 13.2. The fourth-order valence-corrected chi connectivity index (χ4v) is 4.37. The normalized spacial score (nSPS) is 13.8. The maximum Gasteiger partial charge on any atom is 0.242 e. The molecule has 1 aromatic heterocycles. The molecule has 0 N–H and O–H groups in total. The van der Waals surface area contributed by atoms with Crippen molar-refractivity contribution in [1.29, 1.82) is 0 Å². The molecule has 2 amide bonds. The zero-order valence-corrected chi connectivity index (χ0v) is 20.6. The van der Waals surface area contributed by atoms with Gasteiger partial charge in [0, 0.05) is 38.3 Å². The molecule has 7 nitrogen and oxygen atoms in total. The minimum atomic E-state index is -0.287. The number of aromatic nitrogens is 2. The zero-order valence-electron chi connectivity index (χ0n) is 20.6. The number of anilines is 1. The first-order valence-corrected chi connectivity index (χ1v) is 12.5. The number of carbonyl (C=O) groups is 2. The summed E-state index contributed by atoms with van der Waals surface area (Å²) in [6.45, 7) is 5.29. The molecule has 0 spiro atoms. The van der Waals surface area contributed by atoms with Crippen LogP contribution in [-0.2, 0) is 16.0 Å². The number of amides is 2. The van der Waals surface area contributed by atoms with Gasteiger partial charge in [-0.15, -0.1) is 10.2 Å². The topological polar surface area (TPSA) is 69.6 Å². The molecule has 4 rings (SSSR count).